The van der Waals surface area contributed by atoms with E-state index >= 15 is 0 Å². The van der Waals surface area contributed by atoms with Gasteiger partial charge in [0, 0.05) is 5.39 Å². The van der Waals surface area contributed by atoms with Crippen LogP contribution in [-0.4, -0.2) is 19.6 Å². The van der Waals surface area contributed by atoms with Crippen LogP contribution in [0.4, 0.5) is 0 Å². The Balaban J connectivity index is 2.37. The number of hydrogen-bond acceptors (Lipinski definition) is 4. The summed E-state index contributed by atoms with van der Waals surface area (Å²) in [6.07, 6.45) is 1.65. The van der Waals surface area contributed by atoms with Crippen molar-refractivity contribution in [3.05, 3.63) is 51.6 Å². The molecule has 0 amide bonds. The van der Waals surface area contributed by atoms with Gasteiger partial charge in [0.2, 0.25) is 0 Å². The van der Waals surface area contributed by atoms with Crippen LogP contribution in [0.5, 0.6) is 0 Å². The lowest BCUT2D eigenvalue weighted by atomic mass is 10.1. The molecule has 22 heavy (non-hydrogen) atoms. The van der Waals surface area contributed by atoms with Crippen molar-refractivity contribution in [3.63, 3.8) is 0 Å². The minimum atomic E-state index is -0.306. The van der Waals surface area contributed by atoms with E-state index in [-0.39, 0.29) is 12.1 Å². The molecule has 0 radical (unpaired) electrons. The van der Waals surface area contributed by atoms with Gasteiger partial charge in [0.15, 0.2) is 0 Å². The van der Waals surface area contributed by atoms with Gasteiger partial charge in [-0.3, -0.25) is 4.79 Å². The Morgan fingerprint density at radius 2 is 2.05 bits per heavy atom. The Hall–Kier alpha value is -2.94. The fraction of sp³-hybridized carbons (Fsp3) is 0.250. The van der Waals surface area contributed by atoms with Crippen LogP contribution >= 0.6 is 0 Å². The number of aryl methyl sites for hydroxylation is 3. The van der Waals surface area contributed by atoms with Gasteiger partial charge in [0.05, 0.1) is 23.6 Å². The number of hydrogen-bond donors (Lipinski definition) is 0. The molecule has 2 heterocycles. The van der Waals surface area contributed by atoms with E-state index in [1.165, 1.54) is 4.68 Å². The van der Waals surface area contributed by atoms with E-state index in [2.05, 4.69) is 10.2 Å². The van der Waals surface area contributed by atoms with Crippen molar-refractivity contribution in [2.24, 2.45) is 0 Å². The molecule has 6 heteroatoms. The highest BCUT2D eigenvalue weighted by Crippen LogP contribution is 2.20. The van der Waals surface area contributed by atoms with Crippen molar-refractivity contribution in [1.29, 1.82) is 5.26 Å². The molecule has 0 aliphatic rings. The molecule has 2 aromatic heterocycles. The average molecular weight is 293 g/mol. The van der Waals surface area contributed by atoms with Gasteiger partial charge < -0.3 is 0 Å². The number of fused-ring (bicyclic) bond motifs is 1. The Labute approximate surface area is 127 Å². The lowest BCUT2D eigenvalue weighted by Crippen LogP contribution is -2.25. The quantitative estimate of drug-likeness (QED) is 0.724. The fourth-order valence-corrected chi connectivity index (χ4v) is 2.62. The summed E-state index contributed by atoms with van der Waals surface area (Å²) < 4.78 is 2.81. The molecule has 1 aromatic carbocycles. The summed E-state index contributed by atoms with van der Waals surface area (Å²) in [5, 5.41) is 18.1. The smallest absolute Gasteiger partial charge is 0.265 e. The van der Waals surface area contributed by atoms with Gasteiger partial charge in [-0.05, 0) is 32.4 Å². The Bertz CT molecular complexity index is 975. The van der Waals surface area contributed by atoms with Crippen LogP contribution in [0.15, 0.2) is 29.2 Å². The van der Waals surface area contributed by atoms with Crippen molar-refractivity contribution >= 4 is 10.9 Å². The molecule has 0 bridgehead atoms. The predicted molar refractivity (Wildman–Crippen MR) is 82.9 cm³/mol. The van der Waals surface area contributed by atoms with Crippen molar-refractivity contribution in [3.8, 4) is 11.8 Å². The lowest BCUT2D eigenvalue weighted by Gasteiger charge is -2.09. The highest BCUT2D eigenvalue weighted by atomic mass is 16.1. The van der Waals surface area contributed by atoms with Gasteiger partial charge in [-0.2, -0.15) is 15.5 Å². The maximum Gasteiger partial charge on any atom is 0.294 e. The van der Waals surface area contributed by atoms with Crippen molar-refractivity contribution in [2.45, 2.75) is 27.3 Å². The van der Waals surface area contributed by atoms with Crippen LogP contribution in [0.3, 0.4) is 0 Å². The first-order valence-electron chi connectivity index (χ1n) is 6.93. The van der Waals surface area contributed by atoms with Gasteiger partial charge >= 0.3 is 0 Å². The summed E-state index contributed by atoms with van der Waals surface area (Å²) in [4.78, 5) is 12.6. The monoisotopic (exact) mass is 293 g/mol. The molecule has 0 atom stereocenters. The molecule has 0 unspecified atom stereocenters. The summed E-state index contributed by atoms with van der Waals surface area (Å²) in [5.41, 5.74) is 3.87. The molecular weight excluding hydrogens is 278 g/mol. The van der Waals surface area contributed by atoms with Crippen molar-refractivity contribution in [1.82, 2.24) is 19.6 Å². The van der Waals surface area contributed by atoms with Crippen molar-refractivity contribution in [2.75, 3.05) is 0 Å². The molecule has 0 saturated carbocycles. The van der Waals surface area contributed by atoms with E-state index in [9.17, 15) is 4.79 Å². The third kappa shape index (κ3) is 2.07. The summed E-state index contributed by atoms with van der Waals surface area (Å²) in [5.74, 6) is 0. The Morgan fingerprint density at radius 3 is 2.73 bits per heavy atom. The normalized spacial score (nSPS) is 10.8. The van der Waals surface area contributed by atoms with Crippen LogP contribution in [0.2, 0.25) is 0 Å². The molecule has 6 nitrogen and oxygen atoms in total. The van der Waals surface area contributed by atoms with E-state index in [0.717, 1.165) is 16.8 Å². The molecule has 3 rings (SSSR count). The van der Waals surface area contributed by atoms with Gasteiger partial charge in [0.1, 0.15) is 12.1 Å². The highest BCUT2D eigenvalue weighted by Gasteiger charge is 2.15. The fourth-order valence-electron chi connectivity index (χ4n) is 2.62. The van der Waals surface area contributed by atoms with E-state index in [0.29, 0.717) is 16.6 Å². The first-order chi connectivity index (χ1) is 10.5. The van der Waals surface area contributed by atoms with Gasteiger partial charge in [-0.1, -0.05) is 17.7 Å². The molecule has 3 aromatic rings. The Kier molecular flexibility index (Phi) is 3.26. The van der Waals surface area contributed by atoms with E-state index in [1.807, 2.05) is 45.0 Å². The van der Waals surface area contributed by atoms with Crippen molar-refractivity contribution < 1.29 is 0 Å². The zero-order chi connectivity index (χ0) is 15.9. The lowest BCUT2D eigenvalue weighted by molar-refractivity contribution is 0.653. The number of benzene rings is 1. The summed E-state index contributed by atoms with van der Waals surface area (Å²) >= 11 is 0. The molecule has 0 spiro atoms. The van der Waals surface area contributed by atoms with Crippen LogP contribution in [-0.2, 0) is 6.54 Å². The minimum absolute atomic E-state index is 0.0757. The first-order valence-corrected chi connectivity index (χ1v) is 6.93. The standard InChI is InChI=1S/C16H15N5O/c1-10-4-5-14(11(2)8-10)21-15-13(9-18-21)12(3)19-20(7-6-17)16(15)22/h4-5,8-9H,7H2,1-3H3. The zero-order valence-electron chi connectivity index (χ0n) is 12.7. The molecular formula is C16H15N5O. The van der Waals surface area contributed by atoms with Crippen LogP contribution in [0.25, 0.3) is 16.6 Å². The van der Waals surface area contributed by atoms with E-state index in [4.69, 9.17) is 5.26 Å². The molecule has 0 aliphatic heterocycles. The maximum absolute atomic E-state index is 12.6. The zero-order valence-corrected chi connectivity index (χ0v) is 12.7. The molecule has 0 saturated heterocycles. The van der Waals surface area contributed by atoms with Gasteiger partial charge in [0.25, 0.3) is 5.56 Å². The van der Waals surface area contributed by atoms with Crippen LogP contribution in [0, 0.1) is 32.1 Å². The van der Waals surface area contributed by atoms with E-state index in [1.54, 1.807) is 10.9 Å². The number of rotatable bonds is 2. The molecule has 0 aliphatic carbocycles. The number of aromatic nitrogens is 4. The maximum atomic E-state index is 12.6. The highest BCUT2D eigenvalue weighted by molar-refractivity contribution is 5.81. The van der Waals surface area contributed by atoms with Gasteiger partial charge in [-0.15, -0.1) is 0 Å². The summed E-state index contributed by atoms with van der Waals surface area (Å²) in [6, 6.07) is 7.93. The number of nitriles is 1. The number of nitrogens with zero attached hydrogens (tertiary/aromatic N) is 5. The average Bonchev–Trinajstić information content (AvgIpc) is 2.90. The largest absolute Gasteiger partial charge is 0.294 e. The summed E-state index contributed by atoms with van der Waals surface area (Å²) in [7, 11) is 0. The topological polar surface area (TPSA) is 76.5 Å². The predicted octanol–water partition coefficient (Wildman–Crippen LogP) is 2.03. The second-order valence-electron chi connectivity index (χ2n) is 5.31. The first kappa shape index (κ1) is 14.0. The Morgan fingerprint density at radius 1 is 1.27 bits per heavy atom. The third-order valence-corrected chi connectivity index (χ3v) is 3.67. The van der Waals surface area contributed by atoms with E-state index < -0.39 is 0 Å². The molecule has 0 fully saturated rings. The van der Waals surface area contributed by atoms with Crippen LogP contribution < -0.4 is 5.56 Å². The molecule has 110 valence electrons. The second-order valence-corrected chi connectivity index (χ2v) is 5.31. The molecule has 0 N–H and O–H groups in total. The van der Waals surface area contributed by atoms with Gasteiger partial charge in [-0.25, -0.2) is 9.36 Å². The third-order valence-electron chi connectivity index (χ3n) is 3.67. The minimum Gasteiger partial charge on any atom is -0.265 e. The summed E-state index contributed by atoms with van der Waals surface area (Å²) in [6.45, 7) is 5.74. The van der Waals surface area contributed by atoms with Crippen LogP contribution in [0.1, 0.15) is 16.8 Å². The second kappa shape index (κ2) is 5.11. The SMILES string of the molecule is Cc1ccc(-n2ncc3c(C)nn(CC#N)c(=O)c32)c(C)c1.